The first kappa shape index (κ1) is 12.5. The maximum absolute atomic E-state index is 11.9. The second kappa shape index (κ2) is 4.73. The fourth-order valence-corrected chi connectivity index (χ4v) is 1.87. The van der Waals surface area contributed by atoms with E-state index in [0.29, 0.717) is 0 Å². The van der Waals surface area contributed by atoms with Crippen LogP contribution in [0.15, 0.2) is 5.10 Å². The number of rotatable bonds is 3. The van der Waals surface area contributed by atoms with E-state index in [4.69, 9.17) is 9.84 Å². The van der Waals surface area contributed by atoms with Crippen molar-refractivity contribution in [2.45, 2.75) is 18.4 Å². The number of nitrogens with zero attached hydrogens (tertiary/aromatic N) is 1. The largest absolute Gasteiger partial charge is 0.479 e. The van der Waals surface area contributed by atoms with Crippen molar-refractivity contribution in [2.75, 3.05) is 13.2 Å². The summed E-state index contributed by atoms with van der Waals surface area (Å²) in [5, 5.41) is 15.1. The Kier molecular flexibility index (Phi) is 3.28. The Morgan fingerprint density at radius 2 is 2.39 bits per heavy atom. The second-order valence-corrected chi connectivity index (χ2v) is 4.30. The maximum atomic E-state index is 11.9. The van der Waals surface area contributed by atoms with Gasteiger partial charge in [-0.3, -0.25) is 9.59 Å². The molecule has 3 N–H and O–H groups in total. The van der Waals surface area contributed by atoms with Crippen LogP contribution >= 0.6 is 0 Å². The Bertz CT molecular complexity index is 414. The standard InChI is InChI=1S/C10H13N3O5/c14-7-3-6(4-11-13-7)8(15)12-10(9(16)17)1-2-18-5-10/h4,6H,1-3,5H2,(H,12,15)(H,13,14)(H,16,17). The molecule has 8 heteroatoms. The first-order valence-electron chi connectivity index (χ1n) is 5.49. The predicted molar refractivity (Wildman–Crippen MR) is 58.7 cm³/mol. The highest BCUT2D eigenvalue weighted by molar-refractivity contribution is 6.01. The average molecular weight is 255 g/mol. The number of hydrazone groups is 1. The molecule has 0 aliphatic carbocycles. The number of aliphatic carboxylic acids is 1. The van der Waals surface area contributed by atoms with Gasteiger partial charge in [0.2, 0.25) is 11.8 Å². The van der Waals surface area contributed by atoms with Crippen LogP contribution in [0.2, 0.25) is 0 Å². The number of carbonyl (C=O) groups excluding carboxylic acids is 2. The number of nitrogens with one attached hydrogen (secondary N) is 2. The lowest BCUT2D eigenvalue weighted by molar-refractivity contribution is -0.148. The summed E-state index contributed by atoms with van der Waals surface area (Å²) in [7, 11) is 0. The molecule has 0 bridgehead atoms. The molecule has 1 fully saturated rings. The molecular formula is C10H13N3O5. The summed E-state index contributed by atoms with van der Waals surface area (Å²) in [6.45, 7) is 0.218. The average Bonchev–Trinajstić information content (AvgIpc) is 2.79. The maximum Gasteiger partial charge on any atom is 0.331 e. The Morgan fingerprint density at radius 3 is 2.94 bits per heavy atom. The third-order valence-corrected chi connectivity index (χ3v) is 2.98. The van der Waals surface area contributed by atoms with Crippen LogP contribution in [0.1, 0.15) is 12.8 Å². The minimum Gasteiger partial charge on any atom is -0.479 e. The van der Waals surface area contributed by atoms with Crippen molar-refractivity contribution in [1.82, 2.24) is 10.7 Å². The normalized spacial score (nSPS) is 30.9. The van der Waals surface area contributed by atoms with Crippen LogP contribution in [-0.2, 0) is 19.1 Å². The molecule has 2 amide bonds. The quantitative estimate of drug-likeness (QED) is 0.565. The zero-order chi connectivity index (χ0) is 13.2. The van der Waals surface area contributed by atoms with Crippen LogP contribution in [0.25, 0.3) is 0 Å². The van der Waals surface area contributed by atoms with Gasteiger partial charge >= 0.3 is 5.97 Å². The van der Waals surface area contributed by atoms with E-state index in [0.717, 1.165) is 0 Å². The third kappa shape index (κ3) is 2.33. The number of amides is 2. The minimum absolute atomic E-state index is 0.0358. The van der Waals surface area contributed by atoms with Crippen molar-refractivity contribution < 1.29 is 24.2 Å². The molecule has 0 aromatic rings. The van der Waals surface area contributed by atoms with Crippen LogP contribution in [0.4, 0.5) is 0 Å². The highest BCUT2D eigenvalue weighted by Gasteiger charge is 2.45. The molecule has 2 unspecified atom stereocenters. The van der Waals surface area contributed by atoms with Crippen LogP contribution in [-0.4, -0.2) is 47.9 Å². The highest BCUT2D eigenvalue weighted by atomic mass is 16.5. The summed E-state index contributed by atoms with van der Waals surface area (Å²) in [6, 6.07) is 0. The fraction of sp³-hybridized carbons (Fsp3) is 0.600. The van der Waals surface area contributed by atoms with E-state index >= 15 is 0 Å². The van der Waals surface area contributed by atoms with Crippen LogP contribution in [0.3, 0.4) is 0 Å². The van der Waals surface area contributed by atoms with Gasteiger partial charge in [-0.1, -0.05) is 0 Å². The molecule has 0 spiro atoms. The van der Waals surface area contributed by atoms with Crippen molar-refractivity contribution in [3.63, 3.8) is 0 Å². The monoisotopic (exact) mass is 255 g/mol. The number of ether oxygens (including phenoxy) is 1. The van der Waals surface area contributed by atoms with Crippen molar-refractivity contribution in [3.05, 3.63) is 0 Å². The van der Waals surface area contributed by atoms with Gasteiger partial charge < -0.3 is 15.2 Å². The van der Waals surface area contributed by atoms with Crippen LogP contribution < -0.4 is 10.7 Å². The van der Waals surface area contributed by atoms with Gasteiger partial charge in [0.1, 0.15) is 0 Å². The molecule has 18 heavy (non-hydrogen) atoms. The van der Waals surface area contributed by atoms with Gasteiger partial charge in [0.05, 0.1) is 12.5 Å². The summed E-state index contributed by atoms with van der Waals surface area (Å²) in [5.74, 6) is -2.77. The van der Waals surface area contributed by atoms with Gasteiger partial charge in [-0.2, -0.15) is 5.10 Å². The number of carboxylic acids is 1. The predicted octanol–water partition coefficient (Wildman–Crippen LogP) is -1.53. The zero-order valence-electron chi connectivity index (χ0n) is 9.51. The molecule has 1 saturated heterocycles. The molecule has 0 aromatic carbocycles. The van der Waals surface area contributed by atoms with E-state index < -0.39 is 23.3 Å². The van der Waals surface area contributed by atoms with Crippen molar-refractivity contribution in [2.24, 2.45) is 11.0 Å². The van der Waals surface area contributed by atoms with E-state index in [1.807, 2.05) is 0 Å². The van der Waals surface area contributed by atoms with E-state index in [-0.39, 0.29) is 32.0 Å². The molecule has 2 aliphatic rings. The Balaban J connectivity index is 2.06. The molecule has 2 heterocycles. The Hall–Kier alpha value is -1.96. The van der Waals surface area contributed by atoms with Gasteiger partial charge in [-0.15, -0.1) is 0 Å². The van der Waals surface area contributed by atoms with E-state index in [9.17, 15) is 14.4 Å². The number of hydrogen-bond donors (Lipinski definition) is 3. The summed E-state index contributed by atoms with van der Waals surface area (Å²) in [4.78, 5) is 34.2. The van der Waals surface area contributed by atoms with Gasteiger partial charge in [-0.25, -0.2) is 10.2 Å². The molecule has 2 rings (SSSR count). The summed E-state index contributed by atoms with van der Waals surface area (Å²) in [5.41, 5.74) is 0.812. The van der Waals surface area contributed by atoms with E-state index in [2.05, 4.69) is 15.8 Å². The fourth-order valence-electron chi connectivity index (χ4n) is 1.87. The zero-order valence-corrected chi connectivity index (χ0v) is 9.51. The highest BCUT2D eigenvalue weighted by Crippen LogP contribution is 2.20. The Morgan fingerprint density at radius 1 is 1.61 bits per heavy atom. The molecule has 2 aliphatic heterocycles. The summed E-state index contributed by atoms with van der Waals surface area (Å²) in [6.07, 6.45) is 1.47. The number of carboxylic acid groups (broad SMARTS) is 1. The van der Waals surface area contributed by atoms with Crippen LogP contribution in [0.5, 0.6) is 0 Å². The molecule has 0 aromatic heterocycles. The second-order valence-electron chi connectivity index (χ2n) is 4.30. The Labute approximate surface area is 102 Å². The smallest absolute Gasteiger partial charge is 0.331 e. The van der Waals surface area contributed by atoms with Crippen LogP contribution in [0, 0.1) is 5.92 Å². The molecule has 0 radical (unpaired) electrons. The SMILES string of the molecule is O=C1CC(C(=O)NC2(C(=O)O)CCOC2)C=NN1. The molecule has 2 atom stereocenters. The topological polar surface area (TPSA) is 117 Å². The van der Waals surface area contributed by atoms with Gasteiger partial charge in [-0.05, 0) is 0 Å². The van der Waals surface area contributed by atoms with Gasteiger partial charge in [0.25, 0.3) is 0 Å². The van der Waals surface area contributed by atoms with Gasteiger partial charge in [0.15, 0.2) is 5.54 Å². The number of hydrogen-bond acceptors (Lipinski definition) is 5. The first-order chi connectivity index (χ1) is 8.53. The van der Waals surface area contributed by atoms with Crippen molar-refractivity contribution in [1.29, 1.82) is 0 Å². The summed E-state index contributed by atoms with van der Waals surface area (Å²) >= 11 is 0. The first-order valence-corrected chi connectivity index (χ1v) is 5.49. The van der Waals surface area contributed by atoms with E-state index in [1.54, 1.807) is 0 Å². The lowest BCUT2D eigenvalue weighted by atomic mass is 9.96. The van der Waals surface area contributed by atoms with Crippen molar-refractivity contribution >= 4 is 24.0 Å². The van der Waals surface area contributed by atoms with Gasteiger partial charge in [0, 0.05) is 25.7 Å². The molecular weight excluding hydrogens is 242 g/mol. The molecule has 8 nitrogen and oxygen atoms in total. The molecule has 98 valence electrons. The summed E-state index contributed by atoms with van der Waals surface area (Å²) < 4.78 is 5.02. The van der Waals surface area contributed by atoms with E-state index in [1.165, 1.54) is 6.21 Å². The third-order valence-electron chi connectivity index (χ3n) is 2.98. The molecule has 0 saturated carbocycles. The lowest BCUT2D eigenvalue weighted by Crippen LogP contribution is -2.57. The van der Waals surface area contributed by atoms with Crippen molar-refractivity contribution in [3.8, 4) is 0 Å². The lowest BCUT2D eigenvalue weighted by Gasteiger charge is -2.26. The minimum atomic E-state index is -1.39. The number of carbonyl (C=O) groups is 3.